The first kappa shape index (κ1) is 21.8. The van der Waals surface area contributed by atoms with Gasteiger partial charge in [-0.2, -0.15) is 0 Å². The van der Waals surface area contributed by atoms with Gasteiger partial charge >= 0.3 is 0 Å². The van der Waals surface area contributed by atoms with Crippen LogP contribution in [0.3, 0.4) is 0 Å². The normalized spacial score (nSPS) is 22.5. The van der Waals surface area contributed by atoms with Gasteiger partial charge in [-0.25, -0.2) is 4.98 Å². The number of aliphatic carboxylic acids is 1. The largest absolute Gasteiger partial charge is 0.550 e. The molecule has 4 heterocycles. The molecule has 0 bridgehead atoms. The quantitative estimate of drug-likeness (QED) is 0.661. The smallest absolute Gasteiger partial charge is 0.263 e. The highest BCUT2D eigenvalue weighted by Crippen LogP contribution is 2.30. The molecule has 2 aliphatic rings. The van der Waals surface area contributed by atoms with Gasteiger partial charge in [0.15, 0.2) is 0 Å². The van der Waals surface area contributed by atoms with E-state index in [1.807, 2.05) is 40.7 Å². The Kier molecular flexibility index (Phi) is 7.19. The zero-order valence-electron chi connectivity index (χ0n) is 17.7. The predicted molar refractivity (Wildman–Crippen MR) is 118 cm³/mol. The summed E-state index contributed by atoms with van der Waals surface area (Å²) < 4.78 is 0. The number of likely N-dealkylation sites (tertiary alicyclic amines) is 1. The third kappa shape index (κ3) is 5.62. The number of amides is 1. The molecule has 1 N–H and O–H groups in total. The van der Waals surface area contributed by atoms with Crippen LogP contribution in [-0.4, -0.2) is 67.6 Å². The lowest BCUT2D eigenvalue weighted by Crippen LogP contribution is -3.15. The molecule has 4 rings (SSSR count). The third-order valence-electron chi connectivity index (χ3n) is 6.65. The van der Waals surface area contributed by atoms with Crippen molar-refractivity contribution in [2.75, 3.05) is 50.7 Å². The van der Waals surface area contributed by atoms with Crippen LogP contribution in [0.25, 0.3) is 0 Å². The van der Waals surface area contributed by atoms with E-state index >= 15 is 0 Å². The van der Waals surface area contributed by atoms with Crippen LogP contribution in [0.5, 0.6) is 0 Å². The summed E-state index contributed by atoms with van der Waals surface area (Å²) in [5.74, 6) is 0.418. The van der Waals surface area contributed by atoms with Crippen LogP contribution in [0.4, 0.5) is 5.82 Å². The van der Waals surface area contributed by atoms with E-state index in [0.717, 1.165) is 56.3 Å². The summed E-state index contributed by atoms with van der Waals surface area (Å²) in [6.07, 6.45) is 3.59. The number of aromatic nitrogens is 1. The van der Waals surface area contributed by atoms with Gasteiger partial charge < -0.3 is 24.6 Å². The number of thiophene rings is 1. The number of piperazine rings is 1. The summed E-state index contributed by atoms with van der Waals surface area (Å²) in [7, 11) is 0. The first-order valence-electron chi connectivity index (χ1n) is 11.1. The lowest BCUT2D eigenvalue weighted by atomic mass is 9.81. The van der Waals surface area contributed by atoms with Gasteiger partial charge in [0.2, 0.25) is 0 Å². The fourth-order valence-electron chi connectivity index (χ4n) is 4.86. The number of piperidine rings is 1. The van der Waals surface area contributed by atoms with Gasteiger partial charge in [0, 0.05) is 31.7 Å². The molecule has 1 amide bonds. The Labute approximate surface area is 187 Å². The number of hydrogen-bond donors (Lipinski definition) is 1. The first-order chi connectivity index (χ1) is 15.1. The molecule has 0 saturated carbocycles. The monoisotopic (exact) mass is 442 g/mol. The van der Waals surface area contributed by atoms with Crippen LogP contribution in [0.2, 0.25) is 0 Å². The molecule has 2 fully saturated rings. The molecule has 2 aromatic heterocycles. The highest BCUT2D eigenvalue weighted by atomic mass is 32.1. The first-order valence-corrected chi connectivity index (χ1v) is 12.0. The molecule has 0 radical (unpaired) electrons. The van der Waals surface area contributed by atoms with Crippen LogP contribution in [0.15, 0.2) is 41.9 Å². The van der Waals surface area contributed by atoms with Crippen molar-refractivity contribution in [3.8, 4) is 0 Å². The number of carboxylic acid groups (broad SMARTS) is 1. The lowest BCUT2D eigenvalue weighted by Gasteiger charge is -2.40. The summed E-state index contributed by atoms with van der Waals surface area (Å²) >= 11 is 1.46. The number of quaternary nitrogens is 1. The van der Waals surface area contributed by atoms with Crippen molar-refractivity contribution in [1.82, 2.24) is 9.88 Å². The zero-order chi connectivity index (χ0) is 21.6. The van der Waals surface area contributed by atoms with Crippen LogP contribution in [0.1, 0.15) is 28.9 Å². The summed E-state index contributed by atoms with van der Waals surface area (Å²) in [4.78, 5) is 35.1. The predicted octanol–water partition coefficient (Wildman–Crippen LogP) is 0.157. The van der Waals surface area contributed by atoms with Crippen molar-refractivity contribution in [3.63, 3.8) is 0 Å². The fourth-order valence-corrected chi connectivity index (χ4v) is 5.55. The van der Waals surface area contributed by atoms with E-state index in [-0.39, 0.29) is 24.2 Å². The summed E-state index contributed by atoms with van der Waals surface area (Å²) in [5.41, 5.74) is 0. The molecular weight excluding hydrogens is 412 g/mol. The van der Waals surface area contributed by atoms with Crippen molar-refractivity contribution in [2.45, 2.75) is 19.3 Å². The topological polar surface area (TPSA) is 81.0 Å². The van der Waals surface area contributed by atoms with Crippen LogP contribution in [0, 0.1) is 11.8 Å². The van der Waals surface area contributed by atoms with E-state index < -0.39 is 5.97 Å². The molecule has 0 spiro atoms. The molecule has 31 heavy (non-hydrogen) atoms. The number of carboxylic acids is 1. The number of nitrogens with zero attached hydrogens (tertiary/aromatic N) is 3. The van der Waals surface area contributed by atoms with Crippen molar-refractivity contribution in [1.29, 1.82) is 0 Å². The Morgan fingerprint density at radius 1 is 1.13 bits per heavy atom. The molecule has 2 atom stereocenters. The van der Waals surface area contributed by atoms with Gasteiger partial charge in [-0.05, 0) is 48.3 Å². The number of pyridine rings is 1. The summed E-state index contributed by atoms with van der Waals surface area (Å²) in [5, 5.41) is 13.2. The van der Waals surface area contributed by atoms with Gasteiger partial charge in [0.25, 0.3) is 5.91 Å². The van der Waals surface area contributed by atoms with E-state index in [4.69, 9.17) is 0 Å². The molecule has 2 aliphatic heterocycles. The Bertz CT molecular complexity index is 853. The van der Waals surface area contributed by atoms with Crippen molar-refractivity contribution in [3.05, 3.63) is 46.8 Å². The van der Waals surface area contributed by atoms with Gasteiger partial charge in [0.05, 0.1) is 37.6 Å². The van der Waals surface area contributed by atoms with Crippen molar-refractivity contribution >= 4 is 29.0 Å². The van der Waals surface area contributed by atoms with Gasteiger partial charge in [-0.15, -0.1) is 11.3 Å². The second kappa shape index (κ2) is 10.2. The van der Waals surface area contributed by atoms with E-state index in [9.17, 15) is 14.7 Å². The Morgan fingerprint density at radius 3 is 2.65 bits per heavy atom. The minimum atomic E-state index is -0.982. The number of hydrogen-bond acceptors (Lipinski definition) is 6. The molecule has 7 nitrogen and oxygen atoms in total. The number of rotatable bonds is 7. The summed E-state index contributed by atoms with van der Waals surface area (Å²) in [6, 6.07) is 9.76. The second-order valence-electron chi connectivity index (χ2n) is 8.58. The molecule has 0 aliphatic carbocycles. The summed E-state index contributed by atoms with van der Waals surface area (Å²) in [6.45, 7) is 6.32. The molecule has 2 saturated heterocycles. The number of anilines is 1. The van der Waals surface area contributed by atoms with E-state index in [2.05, 4.69) is 16.0 Å². The van der Waals surface area contributed by atoms with Crippen LogP contribution >= 0.6 is 11.3 Å². The molecule has 0 unspecified atom stereocenters. The van der Waals surface area contributed by atoms with Gasteiger partial charge in [0.1, 0.15) is 5.82 Å². The minimum Gasteiger partial charge on any atom is -0.550 e. The minimum absolute atomic E-state index is 0.0724. The Morgan fingerprint density at radius 2 is 1.97 bits per heavy atom. The maximum Gasteiger partial charge on any atom is 0.263 e. The average Bonchev–Trinajstić information content (AvgIpc) is 3.33. The Hall–Kier alpha value is -2.45. The van der Waals surface area contributed by atoms with E-state index in [1.54, 1.807) is 4.90 Å². The molecular formula is C23H30N4O3S. The second-order valence-corrected chi connectivity index (χ2v) is 9.52. The number of carbonyl (C=O) groups excluding carboxylic acids is 2. The van der Waals surface area contributed by atoms with Gasteiger partial charge in [-0.1, -0.05) is 12.1 Å². The van der Waals surface area contributed by atoms with Crippen molar-refractivity contribution < 1.29 is 19.6 Å². The maximum absolute atomic E-state index is 12.8. The lowest BCUT2D eigenvalue weighted by molar-refractivity contribution is -0.901. The van der Waals surface area contributed by atoms with Crippen LogP contribution in [-0.2, 0) is 4.79 Å². The zero-order valence-corrected chi connectivity index (χ0v) is 18.6. The standard InChI is InChI=1S/C23H30N4O3S/c28-22(29)16-18-7-10-27(23(30)20-4-3-15-31-20)17-19(18)6-9-25-11-13-26(14-12-25)21-5-1-2-8-24-21/h1-5,8,15,18-19H,6-7,9-14,16-17H2,(H,28,29)/t18-,19-/m0/s1. The fraction of sp³-hybridized carbons (Fsp3) is 0.522. The highest BCUT2D eigenvalue weighted by molar-refractivity contribution is 7.12. The van der Waals surface area contributed by atoms with Crippen molar-refractivity contribution in [2.24, 2.45) is 11.8 Å². The van der Waals surface area contributed by atoms with E-state index in [1.165, 1.54) is 11.3 Å². The number of carbonyl (C=O) groups is 2. The maximum atomic E-state index is 12.8. The average molecular weight is 443 g/mol. The Balaban J connectivity index is 1.32. The van der Waals surface area contributed by atoms with Gasteiger partial charge in [-0.3, -0.25) is 4.79 Å². The van der Waals surface area contributed by atoms with Crippen LogP contribution < -0.4 is 14.9 Å². The molecule has 166 valence electrons. The highest BCUT2D eigenvalue weighted by Gasteiger charge is 2.33. The third-order valence-corrected chi connectivity index (χ3v) is 7.51. The SMILES string of the molecule is O=C([O-])C[C@@H]1CCN(C(=O)c2cccs2)C[C@@H]1CC[NH+]1CCN(c2ccccn2)CC1. The molecule has 2 aromatic rings. The van der Waals surface area contributed by atoms with E-state index in [0.29, 0.717) is 13.1 Å². The molecule has 8 heteroatoms. The molecule has 0 aromatic carbocycles. The number of nitrogens with one attached hydrogen (secondary N) is 1.